The molecule has 3 atom stereocenters. The van der Waals surface area contributed by atoms with Crippen molar-refractivity contribution in [1.29, 1.82) is 0 Å². The lowest BCUT2D eigenvalue weighted by atomic mass is 10.1. The molecule has 1 fully saturated rings. The van der Waals surface area contributed by atoms with Crippen LogP contribution in [0.15, 0.2) is 0 Å². The predicted molar refractivity (Wildman–Crippen MR) is 66.9 cm³/mol. The number of hydrogen-bond donors (Lipinski definition) is 3. The normalized spacial score (nSPS) is 24.3. The first-order valence-electron chi connectivity index (χ1n) is 6.63. The standard InChI is InChI=1S/C11H20N6O2/c1-2-3-8(10-14-16-17-15-10)13-11(18)9-5-4-7(6-12)19-9/h7-9H,2-6,12H2,1H3,(H,13,18)(H,14,15,16,17)/t7-,8?,9+/m1/s1. The number of ether oxygens (including phenoxy) is 1. The van der Waals surface area contributed by atoms with Crippen LogP contribution in [-0.4, -0.2) is 45.3 Å². The summed E-state index contributed by atoms with van der Waals surface area (Å²) in [5.74, 6) is 0.378. The van der Waals surface area contributed by atoms with Crippen LogP contribution in [0.5, 0.6) is 0 Å². The topological polar surface area (TPSA) is 119 Å². The van der Waals surface area contributed by atoms with Crippen molar-refractivity contribution in [2.75, 3.05) is 6.54 Å². The quantitative estimate of drug-likeness (QED) is 0.649. The molecular weight excluding hydrogens is 248 g/mol. The Morgan fingerprint density at radius 3 is 3.05 bits per heavy atom. The van der Waals surface area contributed by atoms with Gasteiger partial charge < -0.3 is 15.8 Å². The van der Waals surface area contributed by atoms with Gasteiger partial charge in [-0.25, -0.2) is 0 Å². The highest BCUT2D eigenvalue weighted by Crippen LogP contribution is 2.21. The lowest BCUT2D eigenvalue weighted by Gasteiger charge is -2.18. The average molecular weight is 268 g/mol. The number of rotatable bonds is 6. The zero-order valence-electron chi connectivity index (χ0n) is 11.0. The molecule has 4 N–H and O–H groups in total. The number of tetrazole rings is 1. The van der Waals surface area contributed by atoms with Crippen molar-refractivity contribution in [1.82, 2.24) is 25.9 Å². The zero-order chi connectivity index (χ0) is 13.7. The lowest BCUT2D eigenvalue weighted by molar-refractivity contribution is -0.132. The Morgan fingerprint density at radius 1 is 1.63 bits per heavy atom. The SMILES string of the molecule is CCCC(NC(=O)[C@@H]1CC[C@H](CN)O1)c1nn[nH]n1. The van der Waals surface area contributed by atoms with Crippen molar-refractivity contribution in [3.63, 3.8) is 0 Å². The largest absolute Gasteiger partial charge is 0.364 e. The van der Waals surface area contributed by atoms with Crippen molar-refractivity contribution in [3.05, 3.63) is 5.82 Å². The fourth-order valence-electron chi connectivity index (χ4n) is 2.21. The van der Waals surface area contributed by atoms with E-state index in [4.69, 9.17) is 10.5 Å². The number of amides is 1. The Bertz CT molecular complexity index is 396. The first-order valence-corrected chi connectivity index (χ1v) is 6.63. The van der Waals surface area contributed by atoms with Gasteiger partial charge in [-0.15, -0.1) is 10.2 Å². The van der Waals surface area contributed by atoms with E-state index < -0.39 is 6.10 Å². The van der Waals surface area contributed by atoms with Gasteiger partial charge in [0.1, 0.15) is 6.10 Å². The molecule has 0 aliphatic carbocycles. The summed E-state index contributed by atoms with van der Waals surface area (Å²) in [6, 6.07) is -0.225. The zero-order valence-corrected chi connectivity index (χ0v) is 11.0. The number of carbonyl (C=O) groups excluding carboxylic acids is 1. The number of aromatic nitrogens is 4. The second-order valence-corrected chi connectivity index (χ2v) is 4.68. The average Bonchev–Trinajstić information content (AvgIpc) is 3.09. The molecule has 0 bridgehead atoms. The molecule has 1 aromatic rings. The molecule has 19 heavy (non-hydrogen) atoms. The van der Waals surface area contributed by atoms with Gasteiger partial charge in [0.2, 0.25) is 5.91 Å². The molecule has 1 aliphatic rings. The van der Waals surface area contributed by atoms with Gasteiger partial charge in [-0.2, -0.15) is 5.21 Å². The Morgan fingerprint density at radius 2 is 2.47 bits per heavy atom. The molecule has 1 aliphatic heterocycles. The lowest BCUT2D eigenvalue weighted by Crippen LogP contribution is -2.38. The third-order valence-corrected chi connectivity index (χ3v) is 3.23. The number of H-pyrrole nitrogens is 1. The van der Waals surface area contributed by atoms with E-state index in [0.29, 0.717) is 18.8 Å². The summed E-state index contributed by atoms with van der Waals surface area (Å²) < 4.78 is 5.57. The van der Waals surface area contributed by atoms with E-state index in [9.17, 15) is 4.79 Å². The molecule has 0 radical (unpaired) electrons. The maximum Gasteiger partial charge on any atom is 0.249 e. The Kier molecular flexibility index (Phi) is 4.80. The molecule has 1 saturated heterocycles. The van der Waals surface area contributed by atoms with Gasteiger partial charge in [-0.05, 0) is 19.3 Å². The van der Waals surface area contributed by atoms with Gasteiger partial charge in [-0.1, -0.05) is 18.6 Å². The molecule has 1 aromatic heterocycles. The van der Waals surface area contributed by atoms with Crippen LogP contribution in [0, 0.1) is 0 Å². The van der Waals surface area contributed by atoms with E-state index in [1.54, 1.807) is 0 Å². The van der Waals surface area contributed by atoms with Crippen molar-refractivity contribution in [2.45, 2.75) is 50.9 Å². The second kappa shape index (κ2) is 6.58. The van der Waals surface area contributed by atoms with Crippen molar-refractivity contribution < 1.29 is 9.53 Å². The summed E-state index contributed by atoms with van der Waals surface area (Å²) >= 11 is 0. The summed E-state index contributed by atoms with van der Waals surface area (Å²) in [6.45, 7) is 2.49. The summed E-state index contributed by atoms with van der Waals surface area (Å²) in [6.07, 6.45) is 2.79. The highest BCUT2D eigenvalue weighted by Gasteiger charge is 2.31. The monoisotopic (exact) mass is 268 g/mol. The number of hydrogen-bond acceptors (Lipinski definition) is 6. The van der Waals surface area contributed by atoms with Crippen LogP contribution in [0.2, 0.25) is 0 Å². The van der Waals surface area contributed by atoms with E-state index in [1.807, 2.05) is 6.92 Å². The van der Waals surface area contributed by atoms with Gasteiger partial charge in [0.25, 0.3) is 0 Å². The Balaban J connectivity index is 1.92. The molecule has 1 unspecified atom stereocenters. The molecule has 106 valence electrons. The van der Waals surface area contributed by atoms with E-state index in [1.165, 1.54) is 0 Å². The first-order chi connectivity index (χ1) is 9.24. The van der Waals surface area contributed by atoms with E-state index in [2.05, 4.69) is 25.9 Å². The molecule has 0 aromatic carbocycles. The van der Waals surface area contributed by atoms with E-state index in [0.717, 1.165) is 19.3 Å². The summed E-state index contributed by atoms with van der Waals surface area (Å²) in [7, 11) is 0. The number of nitrogens with two attached hydrogens (primary N) is 1. The van der Waals surface area contributed by atoms with Gasteiger partial charge in [0, 0.05) is 6.54 Å². The molecule has 2 heterocycles. The number of nitrogens with one attached hydrogen (secondary N) is 2. The highest BCUT2D eigenvalue weighted by atomic mass is 16.5. The number of nitrogens with zero attached hydrogens (tertiary/aromatic N) is 3. The highest BCUT2D eigenvalue weighted by molar-refractivity contribution is 5.81. The van der Waals surface area contributed by atoms with Crippen LogP contribution in [0.25, 0.3) is 0 Å². The molecule has 8 nitrogen and oxygen atoms in total. The smallest absolute Gasteiger partial charge is 0.249 e. The maximum absolute atomic E-state index is 12.1. The summed E-state index contributed by atoms with van der Waals surface area (Å²) in [5, 5.41) is 16.7. The maximum atomic E-state index is 12.1. The minimum absolute atomic E-state index is 0.00875. The van der Waals surface area contributed by atoms with Crippen LogP contribution in [0.3, 0.4) is 0 Å². The van der Waals surface area contributed by atoms with Crippen LogP contribution in [0.4, 0.5) is 0 Å². The number of carbonyl (C=O) groups is 1. The van der Waals surface area contributed by atoms with Crippen LogP contribution in [-0.2, 0) is 9.53 Å². The molecule has 2 rings (SSSR count). The van der Waals surface area contributed by atoms with Crippen LogP contribution in [0.1, 0.15) is 44.5 Å². The van der Waals surface area contributed by atoms with Crippen molar-refractivity contribution in [2.24, 2.45) is 5.73 Å². The first kappa shape index (κ1) is 13.9. The van der Waals surface area contributed by atoms with Gasteiger partial charge in [-0.3, -0.25) is 4.79 Å². The molecule has 0 spiro atoms. The fourth-order valence-corrected chi connectivity index (χ4v) is 2.21. The minimum Gasteiger partial charge on any atom is -0.364 e. The Labute approximate surface area is 111 Å². The van der Waals surface area contributed by atoms with Crippen molar-refractivity contribution in [3.8, 4) is 0 Å². The Hall–Kier alpha value is -1.54. The predicted octanol–water partition coefficient (Wildman–Crippen LogP) is -0.337. The molecular formula is C11H20N6O2. The molecule has 8 heteroatoms. The second-order valence-electron chi connectivity index (χ2n) is 4.68. The fraction of sp³-hybridized carbons (Fsp3) is 0.818. The van der Waals surface area contributed by atoms with Crippen LogP contribution < -0.4 is 11.1 Å². The van der Waals surface area contributed by atoms with Crippen molar-refractivity contribution >= 4 is 5.91 Å². The van der Waals surface area contributed by atoms with E-state index in [-0.39, 0.29) is 18.1 Å². The summed E-state index contributed by atoms with van der Waals surface area (Å²) in [5.41, 5.74) is 5.53. The minimum atomic E-state index is -0.417. The summed E-state index contributed by atoms with van der Waals surface area (Å²) in [4.78, 5) is 12.1. The van der Waals surface area contributed by atoms with Gasteiger partial charge >= 0.3 is 0 Å². The van der Waals surface area contributed by atoms with E-state index >= 15 is 0 Å². The number of aromatic amines is 1. The molecule has 0 saturated carbocycles. The van der Waals surface area contributed by atoms with Crippen LogP contribution >= 0.6 is 0 Å². The molecule has 1 amide bonds. The van der Waals surface area contributed by atoms with Gasteiger partial charge in [0.05, 0.1) is 12.1 Å². The third-order valence-electron chi connectivity index (χ3n) is 3.23. The van der Waals surface area contributed by atoms with Gasteiger partial charge in [0.15, 0.2) is 5.82 Å². The third kappa shape index (κ3) is 3.48.